The van der Waals surface area contributed by atoms with Crippen molar-refractivity contribution in [1.29, 1.82) is 0 Å². The van der Waals surface area contributed by atoms with Gasteiger partial charge in [0.15, 0.2) is 15.0 Å². The minimum atomic E-state index is -2.90. The summed E-state index contributed by atoms with van der Waals surface area (Å²) < 4.78 is 25.1. The Kier molecular flexibility index (Phi) is 6.44. The molecule has 0 spiro atoms. The highest BCUT2D eigenvalue weighted by molar-refractivity contribution is 7.99. The quantitative estimate of drug-likeness (QED) is 0.690. The topological polar surface area (TPSA) is 94.0 Å². The fourth-order valence-corrected chi connectivity index (χ4v) is 5.96. The Bertz CT molecular complexity index is 954. The molecule has 2 aromatic rings. The zero-order valence-electron chi connectivity index (χ0n) is 16.4. The Balaban J connectivity index is 1.57. The van der Waals surface area contributed by atoms with Crippen LogP contribution in [0.3, 0.4) is 0 Å². The highest BCUT2D eigenvalue weighted by Gasteiger charge is 2.29. The molecule has 1 atom stereocenters. The van der Waals surface area contributed by atoms with E-state index in [9.17, 15) is 13.2 Å². The van der Waals surface area contributed by atoms with Crippen LogP contribution in [0.2, 0.25) is 0 Å². The summed E-state index contributed by atoms with van der Waals surface area (Å²) in [6.45, 7) is 4.19. The van der Waals surface area contributed by atoms with Crippen LogP contribution in [0.1, 0.15) is 37.6 Å². The molecule has 0 bridgehead atoms. The number of thioether (sulfide) groups is 1. The van der Waals surface area contributed by atoms with E-state index >= 15 is 0 Å². The lowest BCUT2D eigenvalue weighted by atomic mass is 10.0. The van der Waals surface area contributed by atoms with Crippen LogP contribution >= 0.6 is 11.8 Å². The van der Waals surface area contributed by atoms with Crippen molar-refractivity contribution >= 4 is 33.2 Å². The summed E-state index contributed by atoms with van der Waals surface area (Å²) in [4.78, 5) is 12.4. The molecular weight excluding hydrogens is 396 g/mol. The van der Waals surface area contributed by atoms with Crippen molar-refractivity contribution in [2.24, 2.45) is 13.0 Å². The van der Waals surface area contributed by atoms with Gasteiger partial charge in [-0.15, -0.1) is 10.2 Å². The number of amides is 1. The monoisotopic (exact) mass is 422 g/mol. The summed E-state index contributed by atoms with van der Waals surface area (Å²) in [5, 5.41) is 12.0. The average Bonchev–Trinajstić information content (AvgIpc) is 3.16. The van der Waals surface area contributed by atoms with Gasteiger partial charge in [-0.25, -0.2) is 8.42 Å². The molecule has 0 unspecified atom stereocenters. The molecule has 1 aliphatic rings. The van der Waals surface area contributed by atoms with Crippen molar-refractivity contribution in [3.8, 4) is 0 Å². The van der Waals surface area contributed by atoms with Gasteiger partial charge in [0.25, 0.3) is 0 Å². The van der Waals surface area contributed by atoms with E-state index in [1.54, 1.807) is 0 Å². The van der Waals surface area contributed by atoms with E-state index in [0.29, 0.717) is 23.9 Å². The third-order valence-electron chi connectivity index (χ3n) is 4.91. The molecule has 1 aromatic heterocycles. The molecule has 152 valence electrons. The van der Waals surface area contributed by atoms with Gasteiger partial charge in [0.1, 0.15) is 5.82 Å². The van der Waals surface area contributed by atoms with Gasteiger partial charge >= 0.3 is 0 Å². The zero-order chi connectivity index (χ0) is 20.3. The number of rotatable bonds is 7. The number of aromatic nitrogens is 3. The van der Waals surface area contributed by atoms with Crippen LogP contribution in [-0.2, 0) is 28.1 Å². The summed E-state index contributed by atoms with van der Waals surface area (Å²) >= 11 is 1.33. The van der Waals surface area contributed by atoms with Crippen LogP contribution in [0, 0.1) is 5.92 Å². The number of sulfone groups is 1. The van der Waals surface area contributed by atoms with Gasteiger partial charge < -0.3 is 9.88 Å². The van der Waals surface area contributed by atoms with E-state index in [1.807, 2.05) is 35.9 Å². The number of benzene rings is 1. The van der Waals surface area contributed by atoms with Gasteiger partial charge in [-0.2, -0.15) is 0 Å². The second-order valence-corrected chi connectivity index (χ2v) is 10.7. The number of carbonyl (C=O) groups excluding carboxylic acids is 1. The van der Waals surface area contributed by atoms with Crippen molar-refractivity contribution in [2.45, 2.75) is 37.8 Å². The minimum Gasteiger partial charge on any atom is -0.325 e. The van der Waals surface area contributed by atoms with Crippen molar-refractivity contribution < 1.29 is 13.2 Å². The third kappa shape index (κ3) is 5.14. The molecular formula is C19H26N4O3S2. The SMILES string of the molecule is CC(C)c1ccccc1NC(=O)CSc1nnc(C[C@@H]2CCS(=O)(=O)C2)n1C. The molecule has 3 rings (SSSR count). The summed E-state index contributed by atoms with van der Waals surface area (Å²) in [6.07, 6.45) is 1.27. The predicted octanol–water partition coefficient (Wildman–Crippen LogP) is 2.65. The van der Waals surface area contributed by atoms with E-state index in [4.69, 9.17) is 0 Å². The maximum atomic E-state index is 12.4. The molecule has 1 aromatic carbocycles. The van der Waals surface area contributed by atoms with E-state index in [-0.39, 0.29) is 29.1 Å². The van der Waals surface area contributed by atoms with E-state index in [1.165, 1.54) is 11.8 Å². The van der Waals surface area contributed by atoms with Crippen molar-refractivity contribution in [2.75, 3.05) is 22.6 Å². The number of anilines is 1. The van der Waals surface area contributed by atoms with E-state index in [2.05, 4.69) is 29.4 Å². The molecule has 1 fully saturated rings. The van der Waals surface area contributed by atoms with Gasteiger partial charge in [-0.05, 0) is 29.9 Å². The normalized spacial score (nSPS) is 18.5. The number of nitrogens with zero attached hydrogens (tertiary/aromatic N) is 3. The summed E-state index contributed by atoms with van der Waals surface area (Å²) in [5.74, 6) is 1.80. The molecule has 1 saturated heterocycles. The maximum absolute atomic E-state index is 12.4. The molecule has 1 N–H and O–H groups in total. The van der Waals surface area contributed by atoms with Crippen LogP contribution in [0.5, 0.6) is 0 Å². The number of para-hydroxylation sites is 1. The second kappa shape index (κ2) is 8.65. The molecule has 9 heteroatoms. The largest absolute Gasteiger partial charge is 0.325 e. The Morgan fingerprint density at radius 1 is 1.32 bits per heavy atom. The molecule has 7 nitrogen and oxygen atoms in total. The number of carbonyl (C=O) groups is 1. The Morgan fingerprint density at radius 2 is 2.07 bits per heavy atom. The predicted molar refractivity (Wildman–Crippen MR) is 111 cm³/mol. The molecule has 1 aliphatic heterocycles. The minimum absolute atomic E-state index is 0.0930. The first-order valence-corrected chi connectivity index (χ1v) is 12.2. The standard InChI is InChI=1S/C19H26N4O3S2/c1-13(2)15-6-4-5-7-16(15)20-18(24)11-27-19-22-21-17(23(19)3)10-14-8-9-28(25,26)12-14/h4-7,13-14H,8-12H2,1-3H3,(H,20,24)/t14-/m0/s1. The summed E-state index contributed by atoms with van der Waals surface area (Å²) in [5.41, 5.74) is 1.94. The molecule has 2 heterocycles. The molecule has 0 radical (unpaired) electrons. The van der Waals surface area contributed by atoms with Gasteiger partial charge in [0.2, 0.25) is 5.91 Å². The van der Waals surface area contributed by atoms with E-state index < -0.39 is 9.84 Å². The third-order valence-corrected chi connectivity index (χ3v) is 7.77. The molecule has 1 amide bonds. The zero-order valence-corrected chi connectivity index (χ0v) is 18.0. The Labute approximate surface area is 170 Å². The van der Waals surface area contributed by atoms with Crippen LogP contribution < -0.4 is 5.32 Å². The highest BCUT2D eigenvalue weighted by Crippen LogP contribution is 2.25. The fraction of sp³-hybridized carbons (Fsp3) is 0.526. The number of hydrogen-bond donors (Lipinski definition) is 1. The summed E-state index contributed by atoms with van der Waals surface area (Å²) in [6, 6.07) is 7.81. The highest BCUT2D eigenvalue weighted by atomic mass is 32.2. The van der Waals surface area contributed by atoms with Crippen molar-refractivity contribution in [3.63, 3.8) is 0 Å². The van der Waals surface area contributed by atoms with Gasteiger partial charge in [-0.1, -0.05) is 43.8 Å². The van der Waals surface area contributed by atoms with Gasteiger partial charge in [0, 0.05) is 19.2 Å². The first-order valence-electron chi connectivity index (χ1n) is 9.35. The van der Waals surface area contributed by atoms with Crippen molar-refractivity contribution in [1.82, 2.24) is 14.8 Å². The first kappa shape index (κ1) is 20.9. The molecule has 28 heavy (non-hydrogen) atoms. The van der Waals surface area contributed by atoms with Gasteiger partial charge in [0.05, 0.1) is 17.3 Å². The van der Waals surface area contributed by atoms with Crippen LogP contribution in [0.25, 0.3) is 0 Å². The lowest BCUT2D eigenvalue weighted by Crippen LogP contribution is -2.16. The van der Waals surface area contributed by atoms with Crippen LogP contribution in [0.4, 0.5) is 5.69 Å². The van der Waals surface area contributed by atoms with Crippen LogP contribution in [-0.4, -0.2) is 46.3 Å². The Hall–Kier alpha value is -1.87. The Morgan fingerprint density at radius 3 is 2.75 bits per heavy atom. The smallest absolute Gasteiger partial charge is 0.234 e. The van der Waals surface area contributed by atoms with E-state index in [0.717, 1.165) is 17.1 Å². The lowest BCUT2D eigenvalue weighted by Gasteiger charge is -2.13. The molecule has 0 aliphatic carbocycles. The van der Waals surface area contributed by atoms with Crippen LogP contribution in [0.15, 0.2) is 29.4 Å². The van der Waals surface area contributed by atoms with Gasteiger partial charge in [-0.3, -0.25) is 4.79 Å². The average molecular weight is 423 g/mol. The maximum Gasteiger partial charge on any atom is 0.234 e. The lowest BCUT2D eigenvalue weighted by molar-refractivity contribution is -0.113. The number of hydrogen-bond acceptors (Lipinski definition) is 6. The first-order chi connectivity index (χ1) is 13.2. The second-order valence-electron chi connectivity index (χ2n) is 7.51. The fourth-order valence-electron chi connectivity index (χ4n) is 3.37. The molecule has 0 saturated carbocycles. The van der Waals surface area contributed by atoms with Crippen molar-refractivity contribution in [3.05, 3.63) is 35.7 Å². The summed E-state index contributed by atoms with van der Waals surface area (Å²) in [7, 11) is -1.04. The number of nitrogens with one attached hydrogen (secondary N) is 1.